The van der Waals surface area contributed by atoms with Crippen LogP contribution in [0.15, 0.2) is 42.7 Å². The minimum absolute atomic E-state index is 0.386. The first-order valence-corrected chi connectivity index (χ1v) is 8.48. The molecule has 1 amide bonds. The van der Waals surface area contributed by atoms with Crippen LogP contribution in [0, 0.1) is 0 Å². The maximum absolute atomic E-state index is 12.2. The number of fused-ring (bicyclic) bond motifs is 1. The molecule has 3 aromatic rings. The Labute approximate surface area is 152 Å². The number of halogens is 1. The second-order valence-electron chi connectivity index (χ2n) is 5.25. The van der Waals surface area contributed by atoms with Crippen molar-refractivity contribution in [2.45, 2.75) is 13.0 Å². The van der Waals surface area contributed by atoms with E-state index in [1.807, 2.05) is 0 Å². The van der Waals surface area contributed by atoms with Gasteiger partial charge >= 0.3 is 5.97 Å². The molecule has 0 aliphatic heterocycles. The van der Waals surface area contributed by atoms with Gasteiger partial charge in [0.05, 0.1) is 15.8 Å². The van der Waals surface area contributed by atoms with Crippen LogP contribution in [0.5, 0.6) is 11.5 Å². The molecule has 0 fully saturated rings. The Morgan fingerprint density at radius 1 is 1.28 bits per heavy atom. The second kappa shape index (κ2) is 7.08. The Morgan fingerprint density at radius 2 is 2.00 bits per heavy atom. The van der Waals surface area contributed by atoms with Crippen molar-refractivity contribution in [3.8, 4) is 11.5 Å². The maximum Gasteiger partial charge on any atom is 0.325 e. The molecule has 0 spiro atoms. The number of nitrogens with one attached hydrogen (secondary N) is 1. The molecule has 25 heavy (non-hydrogen) atoms. The number of carbonyl (C=O) groups is 2. The van der Waals surface area contributed by atoms with Crippen LogP contribution in [0.25, 0.3) is 10.1 Å². The molecule has 0 aliphatic carbocycles. The number of rotatable bonds is 5. The van der Waals surface area contributed by atoms with Gasteiger partial charge in [-0.05, 0) is 37.3 Å². The number of thiophene rings is 1. The van der Waals surface area contributed by atoms with Gasteiger partial charge in [0.15, 0.2) is 5.75 Å². The summed E-state index contributed by atoms with van der Waals surface area (Å²) in [4.78, 5) is 27.6. The van der Waals surface area contributed by atoms with Crippen molar-refractivity contribution in [2.75, 3.05) is 0 Å². The highest BCUT2D eigenvalue weighted by molar-refractivity contribution is 7.20. The average molecular weight is 377 g/mol. The van der Waals surface area contributed by atoms with Crippen LogP contribution in [-0.2, 0) is 4.79 Å². The van der Waals surface area contributed by atoms with Crippen LogP contribution >= 0.6 is 22.9 Å². The van der Waals surface area contributed by atoms with E-state index in [0.29, 0.717) is 21.4 Å². The van der Waals surface area contributed by atoms with Gasteiger partial charge < -0.3 is 15.2 Å². The van der Waals surface area contributed by atoms with Gasteiger partial charge in [-0.15, -0.1) is 11.3 Å². The number of nitrogens with zero attached hydrogens (tertiary/aromatic N) is 1. The molecule has 3 rings (SSSR count). The van der Waals surface area contributed by atoms with E-state index in [1.165, 1.54) is 18.3 Å². The Balaban J connectivity index is 1.88. The van der Waals surface area contributed by atoms with Crippen molar-refractivity contribution in [3.63, 3.8) is 0 Å². The molecule has 1 aromatic carbocycles. The zero-order valence-corrected chi connectivity index (χ0v) is 14.6. The summed E-state index contributed by atoms with van der Waals surface area (Å²) in [6, 6.07) is 7.58. The summed E-state index contributed by atoms with van der Waals surface area (Å²) in [5.41, 5.74) is 0. The molecule has 2 heterocycles. The van der Waals surface area contributed by atoms with Gasteiger partial charge in [0.2, 0.25) is 0 Å². The lowest BCUT2D eigenvalue weighted by Gasteiger charge is -2.07. The van der Waals surface area contributed by atoms with E-state index in [0.717, 1.165) is 10.1 Å². The van der Waals surface area contributed by atoms with Crippen molar-refractivity contribution >= 4 is 44.9 Å². The van der Waals surface area contributed by atoms with E-state index < -0.39 is 17.9 Å². The number of pyridine rings is 1. The van der Waals surface area contributed by atoms with Crippen molar-refractivity contribution in [1.82, 2.24) is 10.3 Å². The minimum atomic E-state index is -1.09. The molecular formula is C17H13ClN2O4S. The second-order valence-corrected chi connectivity index (χ2v) is 6.77. The van der Waals surface area contributed by atoms with Gasteiger partial charge in [-0.1, -0.05) is 11.6 Å². The number of carbonyl (C=O) groups excluding carboxylic acids is 1. The number of carboxylic acids is 1. The Bertz CT molecular complexity index is 939. The van der Waals surface area contributed by atoms with Crippen molar-refractivity contribution in [1.29, 1.82) is 0 Å². The summed E-state index contributed by atoms with van der Waals surface area (Å²) >= 11 is 7.08. The Hall–Kier alpha value is -2.64. The van der Waals surface area contributed by atoms with E-state index in [4.69, 9.17) is 21.4 Å². The first-order valence-electron chi connectivity index (χ1n) is 7.28. The van der Waals surface area contributed by atoms with Gasteiger partial charge in [-0.2, -0.15) is 0 Å². The highest BCUT2D eigenvalue weighted by Crippen LogP contribution is 2.34. The molecule has 8 heteroatoms. The summed E-state index contributed by atoms with van der Waals surface area (Å²) in [5.74, 6) is -0.451. The van der Waals surface area contributed by atoms with Gasteiger partial charge in [0.25, 0.3) is 5.91 Å². The number of amides is 1. The van der Waals surface area contributed by atoms with Crippen LogP contribution in [0.3, 0.4) is 0 Å². The fourth-order valence-corrected chi connectivity index (χ4v) is 3.16. The molecule has 0 saturated heterocycles. The van der Waals surface area contributed by atoms with Gasteiger partial charge in [0.1, 0.15) is 11.8 Å². The number of ether oxygens (including phenoxy) is 1. The fraction of sp³-hybridized carbons (Fsp3) is 0.118. The average Bonchev–Trinajstić information content (AvgIpc) is 3.02. The number of hydrogen-bond acceptors (Lipinski definition) is 5. The number of aromatic nitrogens is 1. The summed E-state index contributed by atoms with van der Waals surface area (Å²) in [6.07, 6.45) is 3.19. The van der Waals surface area contributed by atoms with Gasteiger partial charge in [-0.25, -0.2) is 0 Å². The number of benzene rings is 1. The topological polar surface area (TPSA) is 88.5 Å². The quantitative estimate of drug-likeness (QED) is 0.704. The molecule has 0 bridgehead atoms. The molecule has 0 aliphatic rings. The van der Waals surface area contributed by atoms with Crippen molar-refractivity contribution < 1.29 is 19.4 Å². The molecular weight excluding hydrogens is 364 g/mol. The zero-order valence-electron chi connectivity index (χ0n) is 13.0. The van der Waals surface area contributed by atoms with Crippen LogP contribution in [0.2, 0.25) is 5.02 Å². The third-order valence-electron chi connectivity index (χ3n) is 3.39. The van der Waals surface area contributed by atoms with Crippen LogP contribution in [0.4, 0.5) is 0 Å². The molecule has 2 N–H and O–H groups in total. The van der Waals surface area contributed by atoms with Crippen molar-refractivity contribution in [3.05, 3.63) is 52.6 Å². The number of aliphatic carboxylic acids is 1. The predicted molar refractivity (Wildman–Crippen MR) is 95.7 cm³/mol. The molecule has 0 radical (unpaired) electrons. The molecule has 0 saturated carbocycles. The van der Waals surface area contributed by atoms with Crippen molar-refractivity contribution in [2.24, 2.45) is 0 Å². The first-order chi connectivity index (χ1) is 11.9. The van der Waals surface area contributed by atoms with Gasteiger partial charge in [0, 0.05) is 16.6 Å². The van der Waals surface area contributed by atoms with Crippen LogP contribution < -0.4 is 10.1 Å². The molecule has 6 nitrogen and oxygen atoms in total. The lowest BCUT2D eigenvalue weighted by molar-refractivity contribution is -0.138. The highest BCUT2D eigenvalue weighted by atomic mass is 35.5. The number of hydrogen-bond donors (Lipinski definition) is 2. The fourth-order valence-electron chi connectivity index (χ4n) is 2.09. The van der Waals surface area contributed by atoms with E-state index in [1.54, 1.807) is 42.7 Å². The highest BCUT2D eigenvalue weighted by Gasteiger charge is 2.18. The Kier molecular flexibility index (Phi) is 4.87. The Morgan fingerprint density at radius 3 is 2.68 bits per heavy atom. The summed E-state index contributed by atoms with van der Waals surface area (Å²) in [7, 11) is 0. The third-order valence-corrected chi connectivity index (χ3v) is 4.71. The smallest absolute Gasteiger partial charge is 0.325 e. The minimum Gasteiger partial charge on any atom is -0.480 e. The number of carboxylic acid groups (broad SMARTS) is 1. The SMILES string of the molecule is C[C@H](NC(=O)c1cc2c(Oc3ccc(Cl)cc3)cncc2s1)C(=O)O. The van der Waals surface area contributed by atoms with E-state index in [2.05, 4.69) is 10.3 Å². The normalized spacial score (nSPS) is 11.9. The zero-order chi connectivity index (χ0) is 18.0. The maximum atomic E-state index is 12.2. The van der Waals surface area contributed by atoms with Crippen LogP contribution in [-0.4, -0.2) is 28.0 Å². The lowest BCUT2D eigenvalue weighted by atomic mass is 10.2. The first kappa shape index (κ1) is 17.2. The summed E-state index contributed by atoms with van der Waals surface area (Å²) in [6.45, 7) is 1.41. The third kappa shape index (κ3) is 3.89. The summed E-state index contributed by atoms with van der Waals surface area (Å²) in [5, 5.41) is 12.7. The van der Waals surface area contributed by atoms with Gasteiger partial charge in [-0.3, -0.25) is 14.6 Å². The monoisotopic (exact) mass is 376 g/mol. The lowest BCUT2D eigenvalue weighted by Crippen LogP contribution is -2.37. The standard InChI is InChI=1S/C17H13ClN2O4S/c1-9(17(22)23)20-16(21)14-6-12-13(7-19-8-15(12)25-14)24-11-4-2-10(18)3-5-11/h2-9H,1H3,(H,20,21)(H,22,23)/t9-/m0/s1. The van der Waals surface area contributed by atoms with E-state index in [-0.39, 0.29) is 0 Å². The predicted octanol–water partition coefficient (Wildman–Crippen LogP) is 3.94. The van der Waals surface area contributed by atoms with E-state index in [9.17, 15) is 9.59 Å². The molecule has 0 unspecified atom stereocenters. The largest absolute Gasteiger partial charge is 0.480 e. The molecule has 128 valence electrons. The van der Waals surface area contributed by atoms with Crippen LogP contribution in [0.1, 0.15) is 16.6 Å². The molecule has 1 atom stereocenters. The summed E-state index contributed by atoms with van der Waals surface area (Å²) < 4.78 is 6.58. The molecule has 2 aromatic heterocycles. The van der Waals surface area contributed by atoms with E-state index >= 15 is 0 Å².